The van der Waals surface area contributed by atoms with Gasteiger partial charge < -0.3 is 0 Å². The number of nitrogens with zero attached hydrogens (tertiary/aromatic N) is 3. The third-order valence-electron chi connectivity index (χ3n) is 2.56. The number of nitro groups is 1. The minimum Gasteiger partial charge on any atom is -0.258 e. The van der Waals surface area contributed by atoms with Gasteiger partial charge in [0, 0.05) is 12.3 Å². The first-order valence-corrected chi connectivity index (χ1v) is 6.07. The Labute approximate surface area is 99.4 Å². The SMILES string of the molecule is Cc1nn(C)c(S[C@H](C)C(C)C)c1[N+](=O)[O-]. The normalized spacial score (nSPS) is 13.1. The standard InChI is InChI=1S/C10H17N3O2S/c1-6(2)8(4)16-10-9(13(14)15)7(3)11-12(10)5/h6,8H,1-5H3/t8-/m1/s1. The molecule has 0 aliphatic heterocycles. The summed E-state index contributed by atoms with van der Waals surface area (Å²) < 4.78 is 1.59. The lowest BCUT2D eigenvalue weighted by Gasteiger charge is -2.14. The molecule has 0 amide bonds. The Balaban J connectivity index is 3.07. The average Bonchev–Trinajstić information content (AvgIpc) is 2.41. The zero-order valence-electron chi connectivity index (χ0n) is 10.2. The Bertz CT molecular complexity index is 401. The minimum absolute atomic E-state index is 0.139. The zero-order valence-corrected chi connectivity index (χ0v) is 11.0. The van der Waals surface area contributed by atoms with E-state index in [1.807, 2.05) is 0 Å². The number of rotatable bonds is 4. The fraction of sp³-hybridized carbons (Fsp3) is 0.700. The van der Waals surface area contributed by atoms with Gasteiger partial charge in [-0.3, -0.25) is 14.8 Å². The molecular formula is C10H17N3O2S. The first-order chi connectivity index (χ1) is 7.34. The zero-order chi connectivity index (χ0) is 12.5. The molecule has 1 rings (SSSR count). The lowest BCUT2D eigenvalue weighted by atomic mass is 10.2. The van der Waals surface area contributed by atoms with Crippen molar-refractivity contribution >= 4 is 17.4 Å². The maximum absolute atomic E-state index is 10.9. The van der Waals surface area contributed by atoms with E-state index in [0.29, 0.717) is 21.9 Å². The van der Waals surface area contributed by atoms with Crippen LogP contribution in [0.25, 0.3) is 0 Å². The van der Waals surface area contributed by atoms with Crippen LogP contribution in [0.4, 0.5) is 5.69 Å². The van der Waals surface area contributed by atoms with Crippen molar-refractivity contribution in [3.8, 4) is 0 Å². The van der Waals surface area contributed by atoms with E-state index in [0.717, 1.165) is 0 Å². The van der Waals surface area contributed by atoms with Crippen molar-refractivity contribution in [3.05, 3.63) is 15.8 Å². The Hall–Kier alpha value is -1.04. The van der Waals surface area contributed by atoms with Crippen LogP contribution in [0, 0.1) is 23.0 Å². The second-order valence-electron chi connectivity index (χ2n) is 4.19. The molecule has 1 aromatic rings. The molecule has 0 aliphatic carbocycles. The molecule has 0 radical (unpaired) electrons. The summed E-state index contributed by atoms with van der Waals surface area (Å²) in [5.41, 5.74) is 0.617. The van der Waals surface area contributed by atoms with E-state index in [9.17, 15) is 10.1 Å². The summed E-state index contributed by atoms with van der Waals surface area (Å²) in [5, 5.41) is 16.0. The number of hydrogen-bond acceptors (Lipinski definition) is 4. The molecule has 1 aromatic heterocycles. The number of aromatic nitrogens is 2. The van der Waals surface area contributed by atoms with Crippen LogP contribution in [0.5, 0.6) is 0 Å². The molecule has 0 aromatic carbocycles. The third-order valence-corrected chi connectivity index (χ3v) is 4.16. The first-order valence-electron chi connectivity index (χ1n) is 5.19. The molecule has 16 heavy (non-hydrogen) atoms. The molecule has 90 valence electrons. The molecule has 0 spiro atoms. The maximum Gasteiger partial charge on any atom is 0.323 e. The smallest absolute Gasteiger partial charge is 0.258 e. The van der Waals surface area contributed by atoms with Crippen LogP contribution in [0.15, 0.2) is 5.03 Å². The number of aryl methyl sites for hydroxylation is 2. The summed E-state index contributed by atoms with van der Waals surface area (Å²) in [5.74, 6) is 0.472. The van der Waals surface area contributed by atoms with E-state index in [1.54, 1.807) is 18.7 Å². The Kier molecular flexibility index (Phi) is 3.96. The van der Waals surface area contributed by atoms with Crippen molar-refractivity contribution in [2.45, 2.75) is 38.0 Å². The molecule has 1 heterocycles. The highest BCUT2D eigenvalue weighted by molar-refractivity contribution is 8.00. The molecule has 0 bridgehead atoms. The van der Waals surface area contributed by atoms with Crippen LogP contribution in [0.1, 0.15) is 26.5 Å². The van der Waals surface area contributed by atoms with Crippen molar-refractivity contribution in [2.24, 2.45) is 13.0 Å². The molecule has 0 saturated carbocycles. The largest absolute Gasteiger partial charge is 0.323 e. The first kappa shape index (κ1) is 13.0. The number of hydrogen-bond donors (Lipinski definition) is 0. The van der Waals surface area contributed by atoms with Crippen molar-refractivity contribution < 1.29 is 4.92 Å². The second kappa shape index (κ2) is 4.86. The summed E-state index contributed by atoms with van der Waals surface area (Å²) in [4.78, 5) is 10.6. The van der Waals surface area contributed by atoms with E-state index in [1.165, 1.54) is 11.8 Å². The molecule has 0 aliphatic rings. The third kappa shape index (κ3) is 2.55. The lowest BCUT2D eigenvalue weighted by Crippen LogP contribution is -2.07. The highest BCUT2D eigenvalue weighted by atomic mass is 32.2. The molecular weight excluding hydrogens is 226 g/mol. The second-order valence-corrected chi connectivity index (χ2v) is 5.55. The van der Waals surface area contributed by atoms with Crippen molar-refractivity contribution in [2.75, 3.05) is 0 Å². The van der Waals surface area contributed by atoms with Gasteiger partial charge in [-0.1, -0.05) is 32.5 Å². The molecule has 1 atom stereocenters. The van der Waals surface area contributed by atoms with Gasteiger partial charge in [0.05, 0.1) is 4.92 Å². The predicted octanol–water partition coefficient (Wildman–Crippen LogP) is 2.77. The number of thioether (sulfide) groups is 1. The highest BCUT2D eigenvalue weighted by Crippen LogP contribution is 2.35. The summed E-state index contributed by atoms with van der Waals surface area (Å²) in [6.45, 7) is 7.95. The fourth-order valence-electron chi connectivity index (χ4n) is 1.28. The summed E-state index contributed by atoms with van der Waals surface area (Å²) in [6, 6.07) is 0. The summed E-state index contributed by atoms with van der Waals surface area (Å²) in [6.07, 6.45) is 0. The van der Waals surface area contributed by atoms with Crippen LogP contribution < -0.4 is 0 Å². The van der Waals surface area contributed by atoms with Gasteiger partial charge in [-0.25, -0.2) is 0 Å². The van der Waals surface area contributed by atoms with Crippen molar-refractivity contribution in [3.63, 3.8) is 0 Å². The van der Waals surface area contributed by atoms with E-state index in [2.05, 4.69) is 25.9 Å². The highest BCUT2D eigenvalue weighted by Gasteiger charge is 2.26. The van der Waals surface area contributed by atoms with Crippen LogP contribution >= 0.6 is 11.8 Å². The van der Waals surface area contributed by atoms with Crippen LogP contribution in [-0.4, -0.2) is 20.0 Å². The van der Waals surface area contributed by atoms with Gasteiger partial charge in [-0.2, -0.15) is 5.10 Å². The maximum atomic E-state index is 10.9. The summed E-state index contributed by atoms with van der Waals surface area (Å²) >= 11 is 1.51. The topological polar surface area (TPSA) is 61.0 Å². The van der Waals surface area contributed by atoms with E-state index < -0.39 is 0 Å². The van der Waals surface area contributed by atoms with Gasteiger partial charge in [0.25, 0.3) is 0 Å². The van der Waals surface area contributed by atoms with Crippen molar-refractivity contribution in [1.82, 2.24) is 9.78 Å². The molecule has 5 nitrogen and oxygen atoms in total. The van der Waals surface area contributed by atoms with Crippen molar-refractivity contribution in [1.29, 1.82) is 0 Å². The van der Waals surface area contributed by atoms with E-state index in [-0.39, 0.29) is 10.6 Å². The van der Waals surface area contributed by atoms with Gasteiger partial charge in [-0.05, 0) is 12.8 Å². The molecule has 0 fully saturated rings. The average molecular weight is 243 g/mol. The van der Waals surface area contributed by atoms with Gasteiger partial charge in [0.2, 0.25) is 0 Å². The van der Waals surface area contributed by atoms with Crippen LogP contribution in [0.3, 0.4) is 0 Å². The predicted molar refractivity (Wildman–Crippen MR) is 64.8 cm³/mol. The Morgan fingerprint density at radius 3 is 2.44 bits per heavy atom. The van der Waals surface area contributed by atoms with Gasteiger partial charge in [0.15, 0.2) is 5.03 Å². The van der Waals surface area contributed by atoms with Crippen LogP contribution in [-0.2, 0) is 7.05 Å². The van der Waals surface area contributed by atoms with Crippen LogP contribution in [0.2, 0.25) is 0 Å². The summed E-state index contributed by atoms with van der Waals surface area (Å²) in [7, 11) is 1.75. The quantitative estimate of drug-likeness (QED) is 0.463. The van der Waals surface area contributed by atoms with E-state index in [4.69, 9.17) is 0 Å². The van der Waals surface area contributed by atoms with E-state index >= 15 is 0 Å². The molecule has 0 N–H and O–H groups in total. The molecule has 0 saturated heterocycles. The van der Waals surface area contributed by atoms with Gasteiger partial charge >= 0.3 is 5.69 Å². The molecule has 0 unspecified atom stereocenters. The lowest BCUT2D eigenvalue weighted by molar-refractivity contribution is -0.388. The minimum atomic E-state index is -0.349. The Morgan fingerprint density at radius 2 is 2.00 bits per heavy atom. The fourth-order valence-corrected chi connectivity index (χ4v) is 2.43. The Morgan fingerprint density at radius 1 is 1.44 bits per heavy atom. The monoisotopic (exact) mass is 243 g/mol. The van der Waals surface area contributed by atoms with Gasteiger partial charge in [-0.15, -0.1) is 0 Å². The molecule has 6 heteroatoms. The van der Waals surface area contributed by atoms with Gasteiger partial charge in [0.1, 0.15) is 5.69 Å².